The van der Waals surface area contributed by atoms with Crippen LogP contribution in [0.25, 0.3) is 0 Å². The van der Waals surface area contributed by atoms with Crippen molar-refractivity contribution in [3.05, 3.63) is 59.4 Å². The minimum Gasteiger partial charge on any atom is -0.494 e. The number of sulfonamides is 1. The Morgan fingerprint density at radius 1 is 0.963 bits per heavy atom. The Bertz CT molecular complexity index is 909. The molecule has 1 aliphatic heterocycles. The highest BCUT2D eigenvalue weighted by atomic mass is 32.2. The Balaban J connectivity index is 1.67. The molecule has 0 aromatic heterocycles. The number of halogens is 3. The fraction of sp³-hybridized carbons (Fsp3) is 0.333. The lowest BCUT2D eigenvalue weighted by atomic mass is 10.2. The fourth-order valence-corrected chi connectivity index (χ4v) is 4.58. The summed E-state index contributed by atoms with van der Waals surface area (Å²) in [6, 6.07) is 7.60. The van der Waals surface area contributed by atoms with Gasteiger partial charge in [0.05, 0.1) is 7.11 Å². The van der Waals surface area contributed by atoms with E-state index in [1.165, 1.54) is 19.2 Å². The van der Waals surface area contributed by atoms with Crippen LogP contribution in [0.5, 0.6) is 5.75 Å². The summed E-state index contributed by atoms with van der Waals surface area (Å²) in [4.78, 5) is 1.03. The second-order valence-corrected chi connectivity index (χ2v) is 8.07. The summed E-state index contributed by atoms with van der Waals surface area (Å²) >= 11 is 0. The van der Waals surface area contributed by atoms with Crippen LogP contribution in [-0.4, -0.2) is 50.9 Å². The Hall–Kier alpha value is -2.10. The van der Waals surface area contributed by atoms with Crippen LogP contribution in [0.3, 0.4) is 0 Å². The van der Waals surface area contributed by atoms with Crippen molar-refractivity contribution in [2.75, 3.05) is 33.3 Å². The summed E-state index contributed by atoms with van der Waals surface area (Å²) in [5.74, 6) is -2.52. The van der Waals surface area contributed by atoms with E-state index in [-0.39, 0.29) is 18.8 Å². The van der Waals surface area contributed by atoms with E-state index in [0.29, 0.717) is 19.6 Å². The van der Waals surface area contributed by atoms with Crippen molar-refractivity contribution in [2.45, 2.75) is 11.4 Å². The minimum absolute atomic E-state index is 0.0920. The third kappa shape index (κ3) is 4.10. The largest absolute Gasteiger partial charge is 0.494 e. The lowest BCUT2D eigenvalue weighted by Gasteiger charge is -2.34. The third-order valence-corrected chi connectivity index (χ3v) is 6.42. The molecule has 0 radical (unpaired) electrons. The molecule has 2 aromatic carbocycles. The first-order valence-electron chi connectivity index (χ1n) is 8.32. The van der Waals surface area contributed by atoms with Gasteiger partial charge in [0.15, 0.2) is 16.5 Å². The molecule has 0 spiro atoms. The van der Waals surface area contributed by atoms with Gasteiger partial charge in [0.2, 0.25) is 10.0 Å². The van der Waals surface area contributed by atoms with Crippen molar-refractivity contribution in [3.8, 4) is 5.75 Å². The van der Waals surface area contributed by atoms with Gasteiger partial charge in [-0.25, -0.2) is 21.6 Å². The summed E-state index contributed by atoms with van der Waals surface area (Å²) in [5.41, 5.74) is 0.727. The number of ether oxygens (including phenoxy) is 1. The summed E-state index contributed by atoms with van der Waals surface area (Å²) < 4.78 is 72.6. The number of rotatable bonds is 5. The van der Waals surface area contributed by atoms with Crippen LogP contribution in [0.15, 0.2) is 41.3 Å². The summed E-state index contributed by atoms with van der Waals surface area (Å²) in [6.07, 6.45) is 0. The number of methoxy groups -OCH3 is 1. The molecule has 27 heavy (non-hydrogen) atoms. The SMILES string of the molecule is COc1ccc(CN2CCN(S(=O)(=O)c3c(F)cccc3F)CC2)cc1F. The smallest absolute Gasteiger partial charge is 0.249 e. The molecule has 0 unspecified atom stereocenters. The second-order valence-electron chi connectivity index (χ2n) is 6.20. The van der Waals surface area contributed by atoms with Crippen LogP contribution in [0.4, 0.5) is 13.2 Å². The predicted molar refractivity (Wildman–Crippen MR) is 93.3 cm³/mol. The van der Waals surface area contributed by atoms with E-state index in [2.05, 4.69) is 0 Å². The first-order chi connectivity index (χ1) is 12.8. The van der Waals surface area contributed by atoms with Crippen LogP contribution in [0, 0.1) is 17.5 Å². The number of hydrogen-bond acceptors (Lipinski definition) is 4. The molecule has 146 valence electrons. The standard InChI is InChI=1S/C18H19F3N2O3S/c1-26-17-6-5-13(11-16(17)21)12-22-7-9-23(10-8-22)27(24,25)18-14(19)3-2-4-15(18)20/h2-6,11H,7-10,12H2,1H3. The summed E-state index contributed by atoms with van der Waals surface area (Å²) in [5, 5.41) is 0. The molecule has 0 bridgehead atoms. The van der Waals surface area contributed by atoms with Crippen molar-refractivity contribution in [1.82, 2.24) is 9.21 Å². The van der Waals surface area contributed by atoms with Crippen LogP contribution in [-0.2, 0) is 16.6 Å². The van der Waals surface area contributed by atoms with Gasteiger partial charge >= 0.3 is 0 Å². The Morgan fingerprint density at radius 2 is 1.59 bits per heavy atom. The van der Waals surface area contributed by atoms with Gasteiger partial charge in [-0.2, -0.15) is 4.31 Å². The fourth-order valence-electron chi connectivity index (χ4n) is 3.05. The highest BCUT2D eigenvalue weighted by Gasteiger charge is 2.33. The van der Waals surface area contributed by atoms with Gasteiger partial charge in [0.25, 0.3) is 0 Å². The lowest BCUT2D eigenvalue weighted by molar-refractivity contribution is 0.181. The molecule has 1 saturated heterocycles. The molecule has 5 nitrogen and oxygen atoms in total. The van der Waals surface area contributed by atoms with Gasteiger partial charge < -0.3 is 4.74 Å². The van der Waals surface area contributed by atoms with Crippen LogP contribution in [0.1, 0.15) is 5.56 Å². The van der Waals surface area contributed by atoms with Gasteiger partial charge in [-0.15, -0.1) is 0 Å². The topological polar surface area (TPSA) is 49.9 Å². The molecule has 0 saturated carbocycles. The van der Waals surface area contributed by atoms with E-state index in [1.54, 1.807) is 6.07 Å². The average Bonchev–Trinajstić information content (AvgIpc) is 2.62. The average molecular weight is 400 g/mol. The van der Waals surface area contributed by atoms with Crippen molar-refractivity contribution in [3.63, 3.8) is 0 Å². The first kappa shape index (κ1) is 19.7. The van der Waals surface area contributed by atoms with Gasteiger partial charge in [-0.05, 0) is 29.8 Å². The monoisotopic (exact) mass is 400 g/mol. The van der Waals surface area contributed by atoms with E-state index < -0.39 is 32.4 Å². The molecule has 0 aliphatic carbocycles. The van der Waals surface area contributed by atoms with Crippen LogP contribution in [0.2, 0.25) is 0 Å². The summed E-state index contributed by atoms with van der Waals surface area (Å²) in [7, 11) is -2.87. The van der Waals surface area contributed by atoms with Crippen molar-refractivity contribution >= 4 is 10.0 Å². The van der Waals surface area contributed by atoms with E-state index in [1.807, 2.05) is 4.90 Å². The molecular formula is C18H19F3N2O3S. The van der Waals surface area contributed by atoms with Crippen molar-refractivity contribution in [2.24, 2.45) is 0 Å². The Labute approximate surface area is 156 Å². The van der Waals surface area contributed by atoms with Gasteiger partial charge in [0.1, 0.15) is 11.6 Å². The zero-order valence-electron chi connectivity index (χ0n) is 14.7. The predicted octanol–water partition coefficient (Wildman–Crippen LogP) is 2.62. The molecule has 1 heterocycles. The molecular weight excluding hydrogens is 381 g/mol. The Morgan fingerprint density at radius 3 is 2.15 bits per heavy atom. The number of piperazine rings is 1. The highest BCUT2D eigenvalue weighted by molar-refractivity contribution is 7.89. The maximum Gasteiger partial charge on any atom is 0.249 e. The molecule has 0 amide bonds. The highest BCUT2D eigenvalue weighted by Crippen LogP contribution is 2.24. The van der Waals surface area contributed by atoms with Crippen molar-refractivity contribution < 1.29 is 26.3 Å². The van der Waals surface area contributed by atoms with Gasteiger partial charge in [-0.1, -0.05) is 12.1 Å². The zero-order chi connectivity index (χ0) is 19.6. The van der Waals surface area contributed by atoms with Crippen molar-refractivity contribution in [1.29, 1.82) is 0 Å². The number of hydrogen-bond donors (Lipinski definition) is 0. The van der Waals surface area contributed by atoms with E-state index in [4.69, 9.17) is 4.74 Å². The quantitative estimate of drug-likeness (QED) is 0.774. The molecule has 0 N–H and O–H groups in total. The maximum atomic E-state index is 13.9. The molecule has 1 aliphatic rings. The molecule has 2 aromatic rings. The normalized spacial score (nSPS) is 16.4. The summed E-state index contributed by atoms with van der Waals surface area (Å²) in [6.45, 7) is 1.35. The molecule has 3 rings (SSSR count). The van der Waals surface area contributed by atoms with Gasteiger partial charge in [-0.3, -0.25) is 4.90 Å². The van der Waals surface area contributed by atoms with Crippen LogP contribution < -0.4 is 4.74 Å². The molecule has 1 fully saturated rings. The van der Waals surface area contributed by atoms with Crippen LogP contribution >= 0.6 is 0 Å². The Kier molecular flexibility index (Phi) is 5.73. The van der Waals surface area contributed by atoms with Gasteiger partial charge in [0, 0.05) is 32.7 Å². The minimum atomic E-state index is -4.26. The second kappa shape index (κ2) is 7.87. The number of benzene rings is 2. The van der Waals surface area contributed by atoms with E-state index >= 15 is 0 Å². The number of nitrogens with zero attached hydrogens (tertiary/aromatic N) is 2. The lowest BCUT2D eigenvalue weighted by Crippen LogP contribution is -2.48. The maximum absolute atomic E-state index is 13.9. The van der Waals surface area contributed by atoms with E-state index in [0.717, 1.165) is 28.1 Å². The third-order valence-electron chi connectivity index (χ3n) is 4.47. The first-order valence-corrected chi connectivity index (χ1v) is 9.76. The molecule has 0 atom stereocenters. The molecule has 9 heteroatoms. The zero-order valence-corrected chi connectivity index (χ0v) is 15.5. The van der Waals surface area contributed by atoms with E-state index in [9.17, 15) is 21.6 Å².